The number of thiazole rings is 1. The van der Waals surface area contributed by atoms with Crippen LogP contribution in [0.5, 0.6) is 0 Å². The smallest absolute Gasteiger partial charge is 0.188 e. The molecule has 0 amide bonds. The van der Waals surface area contributed by atoms with Crippen LogP contribution in [0.2, 0.25) is 5.02 Å². The van der Waals surface area contributed by atoms with Gasteiger partial charge in [-0.2, -0.15) is 0 Å². The summed E-state index contributed by atoms with van der Waals surface area (Å²) in [5.41, 5.74) is 2.77. The maximum atomic E-state index is 13.0. The molecule has 0 bridgehead atoms. The van der Waals surface area contributed by atoms with E-state index in [1.807, 2.05) is 19.1 Å². The third-order valence-corrected chi connectivity index (χ3v) is 3.98. The minimum atomic E-state index is -0.351. The van der Waals surface area contributed by atoms with Crippen molar-refractivity contribution in [3.8, 4) is 0 Å². The lowest BCUT2D eigenvalue weighted by molar-refractivity contribution is 0.628. The Morgan fingerprint density at radius 2 is 2.05 bits per heavy atom. The molecule has 0 unspecified atom stereocenters. The number of nitrogens with zero attached hydrogens (tertiary/aromatic N) is 1. The van der Waals surface area contributed by atoms with Crippen LogP contribution in [0.25, 0.3) is 10.2 Å². The van der Waals surface area contributed by atoms with Gasteiger partial charge in [0.05, 0.1) is 20.9 Å². The predicted molar refractivity (Wildman–Crippen MR) is 79.0 cm³/mol. The lowest BCUT2D eigenvalue weighted by Gasteiger charge is -2.04. The average molecular weight is 293 g/mol. The van der Waals surface area contributed by atoms with E-state index in [1.165, 1.54) is 29.0 Å². The highest BCUT2D eigenvalue weighted by Gasteiger charge is 2.07. The molecule has 1 N–H and O–H groups in total. The lowest BCUT2D eigenvalue weighted by atomic mass is 10.2. The van der Waals surface area contributed by atoms with E-state index in [-0.39, 0.29) is 5.82 Å². The van der Waals surface area contributed by atoms with E-state index in [0.29, 0.717) is 10.7 Å². The van der Waals surface area contributed by atoms with Crippen LogP contribution < -0.4 is 5.32 Å². The predicted octanol–water partition coefficient (Wildman–Crippen LogP) is 5.14. The number of anilines is 2. The minimum absolute atomic E-state index is 0.343. The molecule has 3 aromatic rings. The van der Waals surface area contributed by atoms with Crippen molar-refractivity contribution in [2.45, 2.75) is 6.92 Å². The molecule has 0 spiro atoms. The minimum Gasteiger partial charge on any atom is -0.330 e. The van der Waals surface area contributed by atoms with Crippen LogP contribution in [0.3, 0.4) is 0 Å². The molecule has 0 saturated carbocycles. The highest BCUT2D eigenvalue weighted by Crippen LogP contribution is 2.31. The number of aryl methyl sites for hydroxylation is 1. The molecule has 1 heterocycles. The molecule has 96 valence electrons. The van der Waals surface area contributed by atoms with Crippen LogP contribution in [0, 0.1) is 12.7 Å². The van der Waals surface area contributed by atoms with Gasteiger partial charge in [-0.05, 0) is 42.8 Å². The Labute approximate surface area is 118 Å². The first-order valence-electron chi connectivity index (χ1n) is 5.71. The molecule has 0 fully saturated rings. The monoisotopic (exact) mass is 292 g/mol. The normalized spacial score (nSPS) is 10.9. The summed E-state index contributed by atoms with van der Waals surface area (Å²) in [4.78, 5) is 4.49. The number of rotatable bonds is 2. The van der Waals surface area contributed by atoms with Crippen LogP contribution in [0.4, 0.5) is 15.2 Å². The van der Waals surface area contributed by atoms with E-state index >= 15 is 0 Å². The first-order valence-corrected chi connectivity index (χ1v) is 6.90. The second-order valence-electron chi connectivity index (χ2n) is 4.24. The number of nitrogens with one attached hydrogen (secondary N) is 1. The highest BCUT2D eigenvalue weighted by molar-refractivity contribution is 7.22. The first-order chi connectivity index (χ1) is 9.11. The van der Waals surface area contributed by atoms with E-state index in [9.17, 15) is 4.39 Å². The summed E-state index contributed by atoms with van der Waals surface area (Å²) in [6.07, 6.45) is 0. The van der Waals surface area contributed by atoms with Crippen LogP contribution >= 0.6 is 22.9 Å². The summed E-state index contributed by atoms with van der Waals surface area (Å²) in [5, 5.41) is 4.20. The van der Waals surface area contributed by atoms with E-state index in [2.05, 4.69) is 16.4 Å². The SMILES string of the molecule is Cc1ccc2sc(Nc3ccc(F)cc3Cl)nc2c1. The second kappa shape index (κ2) is 4.79. The molecule has 0 atom stereocenters. The number of hydrogen-bond acceptors (Lipinski definition) is 3. The summed E-state index contributed by atoms with van der Waals surface area (Å²) in [5.74, 6) is -0.351. The number of hydrogen-bond donors (Lipinski definition) is 1. The summed E-state index contributed by atoms with van der Waals surface area (Å²) >= 11 is 7.52. The molecule has 0 radical (unpaired) electrons. The molecule has 5 heteroatoms. The fraction of sp³-hybridized carbons (Fsp3) is 0.0714. The Hall–Kier alpha value is -1.65. The maximum absolute atomic E-state index is 13.0. The zero-order chi connectivity index (χ0) is 13.4. The molecule has 0 saturated heterocycles. The van der Waals surface area contributed by atoms with Crippen molar-refractivity contribution < 1.29 is 4.39 Å². The molecule has 0 aliphatic heterocycles. The van der Waals surface area contributed by atoms with Crippen molar-refractivity contribution in [3.63, 3.8) is 0 Å². The van der Waals surface area contributed by atoms with Gasteiger partial charge in [-0.15, -0.1) is 0 Å². The Kier molecular flexibility index (Phi) is 3.12. The van der Waals surface area contributed by atoms with Gasteiger partial charge in [0.2, 0.25) is 0 Å². The van der Waals surface area contributed by atoms with Crippen molar-refractivity contribution >= 4 is 44.0 Å². The van der Waals surface area contributed by atoms with Crippen LogP contribution in [-0.2, 0) is 0 Å². The van der Waals surface area contributed by atoms with Crippen LogP contribution in [0.15, 0.2) is 36.4 Å². The van der Waals surface area contributed by atoms with E-state index < -0.39 is 0 Å². The lowest BCUT2D eigenvalue weighted by Crippen LogP contribution is -1.90. The van der Waals surface area contributed by atoms with Gasteiger partial charge in [-0.25, -0.2) is 9.37 Å². The summed E-state index contributed by atoms with van der Waals surface area (Å²) in [7, 11) is 0. The number of aromatic nitrogens is 1. The van der Waals surface area contributed by atoms with Gasteiger partial charge in [0.1, 0.15) is 5.82 Å². The molecule has 0 aliphatic carbocycles. The highest BCUT2D eigenvalue weighted by atomic mass is 35.5. The third kappa shape index (κ3) is 2.55. The van der Waals surface area contributed by atoms with Crippen LogP contribution in [0.1, 0.15) is 5.56 Å². The van der Waals surface area contributed by atoms with Gasteiger partial charge in [0, 0.05) is 0 Å². The molecular formula is C14H10ClFN2S. The zero-order valence-electron chi connectivity index (χ0n) is 10.1. The number of halogens is 2. The van der Waals surface area contributed by atoms with Crippen molar-refractivity contribution in [2.24, 2.45) is 0 Å². The standard InChI is InChI=1S/C14H10ClFN2S/c1-8-2-5-13-12(6-8)18-14(19-13)17-11-4-3-9(16)7-10(11)15/h2-7H,1H3,(H,17,18). The van der Waals surface area contributed by atoms with E-state index in [4.69, 9.17) is 11.6 Å². The van der Waals surface area contributed by atoms with Gasteiger partial charge < -0.3 is 5.32 Å². The fourth-order valence-electron chi connectivity index (χ4n) is 1.80. The fourth-order valence-corrected chi connectivity index (χ4v) is 2.87. The van der Waals surface area contributed by atoms with Gasteiger partial charge in [-0.3, -0.25) is 0 Å². The molecular weight excluding hydrogens is 283 g/mol. The van der Waals surface area contributed by atoms with E-state index in [0.717, 1.165) is 15.3 Å². The van der Waals surface area contributed by atoms with Crippen molar-refractivity contribution in [2.75, 3.05) is 5.32 Å². The molecule has 3 rings (SSSR count). The topological polar surface area (TPSA) is 24.9 Å². The zero-order valence-corrected chi connectivity index (χ0v) is 11.6. The molecule has 2 aromatic carbocycles. The molecule has 2 nitrogen and oxygen atoms in total. The molecule has 19 heavy (non-hydrogen) atoms. The number of benzene rings is 2. The quantitative estimate of drug-likeness (QED) is 0.707. The summed E-state index contributed by atoms with van der Waals surface area (Å²) in [6, 6.07) is 10.4. The van der Waals surface area contributed by atoms with Crippen molar-refractivity contribution in [1.82, 2.24) is 4.98 Å². The Bertz CT molecular complexity index is 754. The largest absolute Gasteiger partial charge is 0.330 e. The Morgan fingerprint density at radius 1 is 1.21 bits per heavy atom. The Balaban J connectivity index is 1.96. The van der Waals surface area contributed by atoms with Gasteiger partial charge >= 0.3 is 0 Å². The van der Waals surface area contributed by atoms with Gasteiger partial charge in [0.15, 0.2) is 5.13 Å². The van der Waals surface area contributed by atoms with E-state index in [1.54, 1.807) is 6.07 Å². The first kappa shape index (κ1) is 12.4. The average Bonchev–Trinajstić information content (AvgIpc) is 2.74. The number of fused-ring (bicyclic) bond motifs is 1. The van der Waals surface area contributed by atoms with Crippen molar-refractivity contribution in [3.05, 3.63) is 52.8 Å². The van der Waals surface area contributed by atoms with Crippen molar-refractivity contribution in [1.29, 1.82) is 0 Å². The maximum Gasteiger partial charge on any atom is 0.188 e. The summed E-state index contributed by atoms with van der Waals surface area (Å²) < 4.78 is 14.1. The summed E-state index contributed by atoms with van der Waals surface area (Å²) in [6.45, 7) is 2.03. The van der Waals surface area contributed by atoms with Gasteiger partial charge in [-0.1, -0.05) is 29.0 Å². The molecule has 1 aromatic heterocycles. The third-order valence-electron chi connectivity index (χ3n) is 2.72. The van der Waals surface area contributed by atoms with Gasteiger partial charge in [0.25, 0.3) is 0 Å². The molecule has 0 aliphatic rings. The van der Waals surface area contributed by atoms with Crippen LogP contribution in [-0.4, -0.2) is 4.98 Å². The Morgan fingerprint density at radius 3 is 2.84 bits per heavy atom. The second-order valence-corrected chi connectivity index (χ2v) is 5.68.